The van der Waals surface area contributed by atoms with E-state index in [2.05, 4.69) is 9.46 Å². The molecule has 23 heavy (non-hydrogen) atoms. The average Bonchev–Trinajstić information content (AvgIpc) is 2.54. The van der Waals surface area contributed by atoms with Crippen molar-refractivity contribution in [1.29, 1.82) is 0 Å². The highest BCUT2D eigenvalue weighted by Gasteiger charge is 2.27. The van der Waals surface area contributed by atoms with E-state index < -0.39 is 10.0 Å². The van der Waals surface area contributed by atoms with Crippen LogP contribution in [0.15, 0.2) is 23.1 Å². The van der Waals surface area contributed by atoms with Crippen LogP contribution in [0.25, 0.3) is 0 Å². The van der Waals surface area contributed by atoms with Crippen molar-refractivity contribution in [2.75, 3.05) is 27.3 Å². The van der Waals surface area contributed by atoms with Gasteiger partial charge in [-0.05, 0) is 43.5 Å². The summed E-state index contributed by atoms with van der Waals surface area (Å²) in [5.74, 6) is 0.648. The minimum Gasteiger partial charge on any atom is -0.496 e. The van der Waals surface area contributed by atoms with E-state index in [1.54, 1.807) is 31.1 Å². The van der Waals surface area contributed by atoms with Gasteiger partial charge in [0.05, 0.1) is 19.1 Å². The molecule has 0 bridgehead atoms. The SMILES string of the molecule is COC(=O)N1CCC(NS(=O)(=O)c2ccc(OC)c(C)c2)CC1. The zero-order valence-electron chi connectivity index (χ0n) is 13.5. The zero-order chi connectivity index (χ0) is 17.0. The molecule has 0 saturated carbocycles. The van der Waals surface area contributed by atoms with Crippen LogP contribution in [0.5, 0.6) is 5.75 Å². The Kier molecular flexibility index (Phi) is 5.48. The van der Waals surface area contributed by atoms with E-state index >= 15 is 0 Å². The lowest BCUT2D eigenvalue weighted by Gasteiger charge is -2.31. The quantitative estimate of drug-likeness (QED) is 0.896. The summed E-state index contributed by atoms with van der Waals surface area (Å²) in [5, 5.41) is 0. The molecule has 0 radical (unpaired) electrons. The summed E-state index contributed by atoms with van der Waals surface area (Å²) in [7, 11) is -0.709. The van der Waals surface area contributed by atoms with Crippen LogP contribution in [0, 0.1) is 6.92 Å². The number of piperidine rings is 1. The Labute approximate surface area is 136 Å². The molecule has 0 unspecified atom stereocenters. The van der Waals surface area contributed by atoms with Crippen molar-refractivity contribution in [3.8, 4) is 5.75 Å². The van der Waals surface area contributed by atoms with Crippen molar-refractivity contribution in [3.05, 3.63) is 23.8 Å². The minimum atomic E-state index is -3.59. The third-order valence-electron chi connectivity index (χ3n) is 3.93. The maximum Gasteiger partial charge on any atom is 0.409 e. The molecule has 1 aliphatic heterocycles. The molecule has 0 aromatic heterocycles. The predicted molar refractivity (Wildman–Crippen MR) is 85.1 cm³/mol. The largest absolute Gasteiger partial charge is 0.496 e. The predicted octanol–water partition coefficient (Wildman–Crippen LogP) is 1.51. The number of amides is 1. The number of methoxy groups -OCH3 is 2. The van der Waals surface area contributed by atoms with Crippen LogP contribution in [0.4, 0.5) is 4.79 Å². The number of hydrogen-bond donors (Lipinski definition) is 1. The molecule has 1 fully saturated rings. The van der Waals surface area contributed by atoms with Gasteiger partial charge in [-0.3, -0.25) is 0 Å². The second-order valence-corrected chi connectivity index (χ2v) is 7.20. The molecule has 7 nitrogen and oxygen atoms in total. The summed E-state index contributed by atoms with van der Waals surface area (Å²) in [4.78, 5) is 13.2. The van der Waals surface area contributed by atoms with Crippen LogP contribution in [-0.4, -0.2) is 52.8 Å². The fourth-order valence-electron chi connectivity index (χ4n) is 2.61. The Morgan fingerprint density at radius 2 is 1.91 bits per heavy atom. The van der Waals surface area contributed by atoms with Crippen LogP contribution in [0.3, 0.4) is 0 Å². The smallest absolute Gasteiger partial charge is 0.409 e. The Hall–Kier alpha value is -1.80. The number of aryl methyl sites for hydroxylation is 1. The zero-order valence-corrected chi connectivity index (χ0v) is 14.4. The first-order chi connectivity index (χ1) is 10.9. The first kappa shape index (κ1) is 17.6. The van der Waals surface area contributed by atoms with Crippen molar-refractivity contribution in [2.45, 2.75) is 30.7 Å². The molecule has 1 aromatic carbocycles. The molecule has 0 spiro atoms. The van der Waals surface area contributed by atoms with Gasteiger partial charge in [-0.2, -0.15) is 0 Å². The molecule has 8 heteroatoms. The summed E-state index contributed by atoms with van der Waals surface area (Å²) in [6.07, 6.45) is 0.740. The van der Waals surface area contributed by atoms with Crippen molar-refractivity contribution < 1.29 is 22.7 Å². The maximum atomic E-state index is 12.5. The molecular weight excluding hydrogens is 320 g/mol. The molecule has 1 heterocycles. The van der Waals surface area contributed by atoms with Gasteiger partial charge in [-0.25, -0.2) is 17.9 Å². The van der Waals surface area contributed by atoms with Gasteiger partial charge in [0.1, 0.15) is 5.75 Å². The number of rotatable bonds is 4. The van der Waals surface area contributed by atoms with E-state index in [1.165, 1.54) is 13.2 Å². The molecule has 1 aromatic rings. The number of hydrogen-bond acceptors (Lipinski definition) is 5. The Morgan fingerprint density at radius 1 is 1.26 bits per heavy atom. The Morgan fingerprint density at radius 3 is 2.43 bits per heavy atom. The van der Waals surface area contributed by atoms with Crippen LogP contribution in [-0.2, 0) is 14.8 Å². The van der Waals surface area contributed by atoms with Crippen molar-refractivity contribution >= 4 is 16.1 Å². The molecule has 1 amide bonds. The molecule has 0 atom stereocenters. The van der Waals surface area contributed by atoms with Crippen LogP contribution >= 0.6 is 0 Å². The lowest BCUT2D eigenvalue weighted by atomic mass is 10.1. The maximum absolute atomic E-state index is 12.5. The standard InChI is InChI=1S/C15H22N2O5S/c1-11-10-13(4-5-14(11)21-2)23(19,20)16-12-6-8-17(9-7-12)15(18)22-3/h4-5,10,12,16H,6-9H2,1-3H3. The summed E-state index contributed by atoms with van der Waals surface area (Å²) < 4.78 is 37.4. The number of carbonyl (C=O) groups is 1. The van der Waals surface area contributed by atoms with Crippen molar-refractivity contribution in [2.24, 2.45) is 0 Å². The van der Waals surface area contributed by atoms with E-state index in [0.717, 1.165) is 5.56 Å². The fourth-order valence-corrected chi connectivity index (χ4v) is 4.00. The van der Waals surface area contributed by atoms with E-state index in [-0.39, 0.29) is 17.0 Å². The summed E-state index contributed by atoms with van der Waals surface area (Å²) in [6, 6.07) is 4.56. The van der Waals surface area contributed by atoms with Crippen molar-refractivity contribution in [1.82, 2.24) is 9.62 Å². The summed E-state index contributed by atoms with van der Waals surface area (Å²) in [6.45, 7) is 2.75. The molecule has 2 rings (SSSR count). The lowest BCUT2D eigenvalue weighted by molar-refractivity contribution is 0.111. The van der Waals surface area contributed by atoms with Crippen LogP contribution in [0.2, 0.25) is 0 Å². The van der Waals surface area contributed by atoms with Gasteiger partial charge >= 0.3 is 6.09 Å². The third kappa shape index (κ3) is 4.14. The number of nitrogens with one attached hydrogen (secondary N) is 1. The average molecular weight is 342 g/mol. The van der Waals surface area contributed by atoms with Crippen LogP contribution in [0.1, 0.15) is 18.4 Å². The minimum absolute atomic E-state index is 0.191. The second-order valence-electron chi connectivity index (χ2n) is 5.48. The normalized spacial score (nSPS) is 16.2. The number of carbonyl (C=O) groups excluding carboxylic acids is 1. The van der Waals surface area contributed by atoms with Gasteiger partial charge < -0.3 is 14.4 Å². The van der Waals surface area contributed by atoms with Crippen molar-refractivity contribution in [3.63, 3.8) is 0 Å². The lowest BCUT2D eigenvalue weighted by Crippen LogP contribution is -2.46. The van der Waals surface area contributed by atoms with E-state index in [0.29, 0.717) is 31.7 Å². The number of likely N-dealkylation sites (tertiary alicyclic amines) is 1. The number of benzene rings is 1. The second kappa shape index (κ2) is 7.18. The van der Waals surface area contributed by atoms with E-state index in [4.69, 9.17) is 4.74 Å². The summed E-state index contributed by atoms with van der Waals surface area (Å²) >= 11 is 0. The van der Waals surface area contributed by atoms with Gasteiger partial charge in [0.2, 0.25) is 10.0 Å². The highest BCUT2D eigenvalue weighted by Crippen LogP contribution is 2.22. The van der Waals surface area contributed by atoms with Gasteiger partial charge in [0, 0.05) is 19.1 Å². The van der Waals surface area contributed by atoms with Gasteiger partial charge in [-0.15, -0.1) is 0 Å². The van der Waals surface area contributed by atoms with E-state index in [9.17, 15) is 13.2 Å². The Bertz CT molecular complexity index is 666. The monoisotopic (exact) mass is 342 g/mol. The molecule has 1 saturated heterocycles. The molecule has 128 valence electrons. The number of ether oxygens (including phenoxy) is 2. The topological polar surface area (TPSA) is 84.9 Å². The molecule has 0 aliphatic carbocycles. The number of nitrogens with zero attached hydrogens (tertiary/aromatic N) is 1. The van der Waals surface area contributed by atoms with Gasteiger partial charge in [0.15, 0.2) is 0 Å². The molecule has 1 N–H and O–H groups in total. The third-order valence-corrected chi connectivity index (χ3v) is 5.44. The Balaban J connectivity index is 2.02. The fraction of sp³-hybridized carbons (Fsp3) is 0.533. The van der Waals surface area contributed by atoms with Crippen LogP contribution < -0.4 is 9.46 Å². The highest BCUT2D eigenvalue weighted by atomic mass is 32.2. The highest BCUT2D eigenvalue weighted by molar-refractivity contribution is 7.89. The summed E-state index contributed by atoms with van der Waals surface area (Å²) in [5.41, 5.74) is 0.760. The molecular formula is C15H22N2O5S. The van der Waals surface area contributed by atoms with Gasteiger partial charge in [0.25, 0.3) is 0 Å². The first-order valence-electron chi connectivity index (χ1n) is 7.37. The van der Waals surface area contributed by atoms with E-state index in [1.807, 2.05) is 0 Å². The first-order valence-corrected chi connectivity index (χ1v) is 8.85. The van der Waals surface area contributed by atoms with Gasteiger partial charge in [-0.1, -0.05) is 0 Å². The number of sulfonamides is 1. The molecule has 1 aliphatic rings.